The van der Waals surface area contributed by atoms with Crippen LogP contribution in [0.15, 0.2) is 67.5 Å². The largest absolute Gasteiger partial charge is 0.508 e. The lowest BCUT2D eigenvalue weighted by Gasteiger charge is -2.36. The molecule has 1 aliphatic rings. The number of imidazole rings is 1. The van der Waals surface area contributed by atoms with Crippen LogP contribution in [0.5, 0.6) is 5.75 Å². The van der Waals surface area contributed by atoms with Gasteiger partial charge in [-0.2, -0.15) is 15.1 Å². The van der Waals surface area contributed by atoms with Crippen molar-refractivity contribution in [1.82, 2.24) is 29.3 Å². The van der Waals surface area contributed by atoms with Crippen LogP contribution in [0.2, 0.25) is 0 Å². The van der Waals surface area contributed by atoms with Gasteiger partial charge in [-0.15, -0.1) is 6.58 Å². The molecular formula is C31H34N8O3. The zero-order valence-corrected chi connectivity index (χ0v) is 24.1. The zero-order valence-electron chi connectivity index (χ0n) is 24.1. The maximum Gasteiger partial charge on any atom is 0.326 e. The molecular weight excluding hydrogens is 532 g/mol. The zero-order chi connectivity index (χ0) is 29.4. The second-order valence-corrected chi connectivity index (χ2v) is 11.3. The molecule has 0 unspecified atom stereocenters. The molecule has 216 valence electrons. The number of fused-ring (bicyclic) bond motifs is 2. The number of carbonyl (C=O) groups excluding carboxylic acids is 1. The van der Waals surface area contributed by atoms with Gasteiger partial charge >= 0.3 is 5.97 Å². The molecule has 0 radical (unpaired) electrons. The minimum atomic E-state index is -0.606. The lowest BCUT2D eigenvalue weighted by molar-refractivity contribution is -0.155. The predicted molar refractivity (Wildman–Crippen MR) is 162 cm³/mol. The van der Waals surface area contributed by atoms with Crippen LogP contribution in [-0.4, -0.2) is 72.2 Å². The van der Waals surface area contributed by atoms with Crippen LogP contribution in [0.1, 0.15) is 26.5 Å². The molecule has 5 aromatic rings. The van der Waals surface area contributed by atoms with E-state index in [1.54, 1.807) is 23.0 Å². The van der Waals surface area contributed by atoms with Gasteiger partial charge in [-0.05, 0) is 51.1 Å². The van der Waals surface area contributed by atoms with E-state index in [1.165, 1.54) is 0 Å². The highest BCUT2D eigenvalue weighted by Crippen LogP contribution is 2.28. The number of phenolic OH excluding ortho intramolecular Hbond substituents is 1. The highest BCUT2D eigenvalue weighted by Gasteiger charge is 2.25. The summed E-state index contributed by atoms with van der Waals surface area (Å²) in [6.45, 7) is 12.3. The van der Waals surface area contributed by atoms with Crippen molar-refractivity contribution in [3.05, 3.63) is 73.2 Å². The number of hydrogen-bond donors (Lipinski definition) is 1. The van der Waals surface area contributed by atoms with Crippen LogP contribution in [-0.2, 0) is 22.5 Å². The summed E-state index contributed by atoms with van der Waals surface area (Å²) in [7, 11) is 0. The van der Waals surface area contributed by atoms with Crippen molar-refractivity contribution in [1.29, 1.82) is 0 Å². The van der Waals surface area contributed by atoms with Crippen molar-refractivity contribution in [2.45, 2.75) is 39.3 Å². The summed E-state index contributed by atoms with van der Waals surface area (Å²) in [4.78, 5) is 31.8. The highest BCUT2D eigenvalue weighted by molar-refractivity contribution is 5.88. The summed E-state index contributed by atoms with van der Waals surface area (Å²) in [5, 5.41) is 15.6. The summed E-state index contributed by atoms with van der Waals surface area (Å²) in [6, 6.07) is 15.3. The van der Waals surface area contributed by atoms with Crippen LogP contribution in [0.4, 0.5) is 11.6 Å². The van der Waals surface area contributed by atoms with Crippen LogP contribution in [0.3, 0.4) is 0 Å². The van der Waals surface area contributed by atoms with E-state index in [-0.39, 0.29) is 18.3 Å². The molecule has 42 heavy (non-hydrogen) atoms. The van der Waals surface area contributed by atoms with Crippen LogP contribution >= 0.6 is 0 Å². The van der Waals surface area contributed by atoms with Crippen LogP contribution in [0.25, 0.3) is 27.9 Å². The number of piperazine rings is 1. The predicted octanol–water partition coefficient (Wildman–Crippen LogP) is 4.27. The summed E-state index contributed by atoms with van der Waals surface area (Å²) in [5.41, 5.74) is 3.32. The number of aromatic hydroxyl groups is 1. The monoisotopic (exact) mass is 566 g/mol. The Hall–Kier alpha value is -4.93. The normalized spacial score (nSPS) is 14.1. The molecule has 1 saturated heterocycles. The molecule has 0 amide bonds. The Kier molecular flexibility index (Phi) is 7.01. The smallest absolute Gasteiger partial charge is 0.326 e. The second-order valence-electron chi connectivity index (χ2n) is 11.3. The van der Waals surface area contributed by atoms with Gasteiger partial charge in [-0.1, -0.05) is 24.3 Å². The van der Waals surface area contributed by atoms with Gasteiger partial charge in [0.1, 0.15) is 17.9 Å². The van der Waals surface area contributed by atoms with E-state index in [4.69, 9.17) is 19.8 Å². The first-order chi connectivity index (χ1) is 20.2. The molecule has 0 saturated carbocycles. The topological polar surface area (TPSA) is 114 Å². The fourth-order valence-electron chi connectivity index (χ4n) is 5.24. The molecule has 1 N–H and O–H groups in total. The van der Waals surface area contributed by atoms with Gasteiger partial charge in [-0.25, -0.2) is 9.67 Å². The average Bonchev–Trinajstić information content (AvgIpc) is 3.54. The maximum absolute atomic E-state index is 12.8. The van der Waals surface area contributed by atoms with Gasteiger partial charge in [0.2, 0.25) is 5.95 Å². The van der Waals surface area contributed by atoms with E-state index in [0.717, 1.165) is 35.4 Å². The van der Waals surface area contributed by atoms with Crippen molar-refractivity contribution in [3.63, 3.8) is 0 Å². The standard InChI is InChI=1S/C31H34N8O3/c1-5-8-24-23-9-6-7-10-25(23)39(35-24)29-27-28(38(20-32-27)19-26(41)42-31(2,3)4)33-30(34-29)37-17-15-36(16-18-37)21-11-13-22(40)14-12-21/h5-7,9-14,20,40H,1,8,15-19H2,2-4H3. The van der Waals surface area contributed by atoms with E-state index < -0.39 is 5.60 Å². The number of phenols is 1. The Morgan fingerprint density at radius 3 is 2.45 bits per heavy atom. The number of hydrogen-bond acceptors (Lipinski definition) is 9. The van der Waals surface area contributed by atoms with Crippen molar-refractivity contribution in [2.75, 3.05) is 36.0 Å². The number of para-hydroxylation sites is 1. The number of nitrogens with zero attached hydrogens (tertiary/aromatic N) is 8. The minimum Gasteiger partial charge on any atom is -0.508 e. The van der Waals surface area contributed by atoms with E-state index >= 15 is 0 Å². The summed E-state index contributed by atoms with van der Waals surface area (Å²) < 4.78 is 9.11. The molecule has 11 nitrogen and oxygen atoms in total. The molecule has 1 aliphatic heterocycles. The van der Waals surface area contributed by atoms with Crippen molar-refractivity contribution in [2.24, 2.45) is 0 Å². The maximum atomic E-state index is 12.8. The molecule has 0 atom stereocenters. The molecule has 0 aliphatic carbocycles. The highest BCUT2D eigenvalue weighted by atomic mass is 16.6. The number of anilines is 2. The van der Waals surface area contributed by atoms with Crippen molar-refractivity contribution < 1.29 is 14.6 Å². The molecule has 6 rings (SSSR count). The third kappa shape index (κ3) is 5.37. The molecule has 0 spiro atoms. The van der Waals surface area contributed by atoms with E-state index in [1.807, 2.05) is 67.9 Å². The van der Waals surface area contributed by atoms with Gasteiger partial charge in [-0.3, -0.25) is 4.79 Å². The number of benzene rings is 2. The molecule has 4 heterocycles. The molecule has 3 aromatic heterocycles. The summed E-state index contributed by atoms with van der Waals surface area (Å²) >= 11 is 0. The number of esters is 1. The first kappa shape index (κ1) is 27.3. The van der Waals surface area contributed by atoms with Crippen molar-refractivity contribution >= 4 is 39.7 Å². The van der Waals surface area contributed by atoms with Gasteiger partial charge in [0.25, 0.3) is 0 Å². The fourth-order valence-corrected chi connectivity index (χ4v) is 5.24. The Bertz CT molecular complexity index is 1760. The summed E-state index contributed by atoms with van der Waals surface area (Å²) in [5.74, 6) is 0.963. The minimum absolute atomic E-state index is 0.0279. The lowest BCUT2D eigenvalue weighted by atomic mass is 10.2. The van der Waals surface area contributed by atoms with Crippen LogP contribution in [0, 0.1) is 0 Å². The average molecular weight is 567 g/mol. The Labute approximate surface area is 243 Å². The van der Waals surface area contributed by atoms with Crippen LogP contribution < -0.4 is 9.80 Å². The van der Waals surface area contributed by atoms with E-state index in [2.05, 4.69) is 21.4 Å². The SMILES string of the molecule is C=CCc1nn(-c2nc(N3CCN(c4ccc(O)cc4)CC3)nc3c2ncn3CC(=O)OC(C)(C)C)c2ccccc12. The second kappa shape index (κ2) is 10.8. The number of carbonyl (C=O) groups is 1. The number of rotatable bonds is 7. The molecule has 2 aromatic carbocycles. The van der Waals surface area contributed by atoms with Gasteiger partial charge in [0, 0.05) is 43.7 Å². The number of ether oxygens (including phenoxy) is 1. The lowest BCUT2D eigenvalue weighted by Crippen LogP contribution is -2.47. The third-order valence-electron chi connectivity index (χ3n) is 7.13. The quantitative estimate of drug-likeness (QED) is 0.228. The van der Waals surface area contributed by atoms with Gasteiger partial charge < -0.3 is 24.2 Å². The Balaban J connectivity index is 1.41. The Morgan fingerprint density at radius 2 is 1.74 bits per heavy atom. The van der Waals surface area contributed by atoms with E-state index in [9.17, 15) is 9.90 Å². The number of aromatic nitrogens is 6. The molecule has 11 heteroatoms. The Morgan fingerprint density at radius 1 is 1.02 bits per heavy atom. The van der Waals surface area contributed by atoms with Crippen molar-refractivity contribution in [3.8, 4) is 11.6 Å². The first-order valence-electron chi connectivity index (χ1n) is 14.0. The van der Waals surface area contributed by atoms with E-state index in [0.29, 0.717) is 42.4 Å². The first-order valence-corrected chi connectivity index (χ1v) is 14.0. The van der Waals surface area contributed by atoms with Gasteiger partial charge in [0.15, 0.2) is 17.0 Å². The molecule has 1 fully saturated rings. The third-order valence-corrected chi connectivity index (χ3v) is 7.13. The summed E-state index contributed by atoms with van der Waals surface area (Å²) in [6.07, 6.45) is 4.06. The number of allylic oxidation sites excluding steroid dienone is 1. The molecule has 0 bridgehead atoms. The fraction of sp³-hybridized carbons (Fsp3) is 0.323. The van der Waals surface area contributed by atoms with Gasteiger partial charge in [0.05, 0.1) is 17.5 Å².